The molecule has 0 N–H and O–H groups in total. The zero-order chi connectivity index (χ0) is 18.9. The van der Waals surface area contributed by atoms with E-state index in [1.807, 2.05) is 35.2 Å². The highest BCUT2D eigenvalue weighted by molar-refractivity contribution is 7.89. The lowest BCUT2D eigenvalue weighted by Crippen LogP contribution is -2.48. The molecule has 0 radical (unpaired) electrons. The number of piperazine rings is 1. The molecule has 140 valence electrons. The van der Waals surface area contributed by atoms with Crippen LogP contribution in [0.4, 0.5) is 18.9 Å². The van der Waals surface area contributed by atoms with Gasteiger partial charge in [-0.2, -0.15) is 17.5 Å². The maximum atomic E-state index is 13.0. The van der Waals surface area contributed by atoms with Crippen LogP contribution in [-0.4, -0.2) is 38.9 Å². The Morgan fingerprint density at radius 3 is 2.12 bits per heavy atom. The van der Waals surface area contributed by atoms with E-state index in [0.29, 0.717) is 19.2 Å². The molecule has 0 amide bonds. The van der Waals surface area contributed by atoms with Crippen LogP contribution in [0.15, 0.2) is 53.4 Å². The molecule has 4 nitrogen and oxygen atoms in total. The second-order valence-electron chi connectivity index (χ2n) is 5.87. The number of nitrogens with zero attached hydrogens (tertiary/aromatic N) is 2. The van der Waals surface area contributed by atoms with E-state index in [-0.39, 0.29) is 13.1 Å². The van der Waals surface area contributed by atoms with Crippen molar-refractivity contribution in [3.8, 4) is 0 Å². The highest BCUT2D eigenvalue weighted by Crippen LogP contribution is 2.36. The maximum Gasteiger partial charge on any atom is 0.417 e. The van der Waals surface area contributed by atoms with Crippen molar-refractivity contribution in [1.82, 2.24) is 4.31 Å². The molecular formula is C17H16ClF3N2O2S. The molecule has 0 atom stereocenters. The minimum Gasteiger partial charge on any atom is -0.369 e. The van der Waals surface area contributed by atoms with Crippen LogP contribution < -0.4 is 4.90 Å². The van der Waals surface area contributed by atoms with Crippen molar-refractivity contribution in [2.75, 3.05) is 31.1 Å². The summed E-state index contributed by atoms with van der Waals surface area (Å²) in [5.74, 6) is 0. The summed E-state index contributed by atoms with van der Waals surface area (Å²) in [6, 6.07) is 12.2. The van der Waals surface area contributed by atoms with Gasteiger partial charge in [-0.15, -0.1) is 0 Å². The molecule has 0 bridgehead atoms. The van der Waals surface area contributed by atoms with E-state index in [1.54, 1.807) is 0 Å². The van der Waals surface area contributed by atoms with Crippen LogP contribution in [0, 0.1) is 0 Å². The van der Waals surface area contributed by atoms with E-state index in [2.05, 4.69) is 0 Å². The molecule has 0 aromatic heterocycles. The number of alkyl halides is 3. The van der Waals surface area contributed by atoms with Crippen LogP contribution in [0.2, 0.25) is 5.02 Å². The highest BCUT2D eigenvalue weighted by Gasteiger charge is 2.36. The molecule has 9 heteroatoms. The van der Waals surface area contributed by atoms with E-state index < -0.39 is 31.7 Å². The van der Waals surface area contributed by atoms with Gasteiger partial charge in [0.15, 0.2) is 0 Å². The fourth-order valence-electron chi connectivity index (χ4n) is 2.86. The predicted octanol–water partition coefficient (Wildman–Crippen LogP) is 3.87. The van der Waals surface area contributed by atoms with Gasteiger partial charge >= 0.3 is 6.18 Å². The van der Waals surface area contributed by atoms with Crippen LogP contribution in [0.3, 0.4) is 0 Å². The van der Waals surface area contributed by atoms with Gasteiger partial charge in [0.2, 0.25) is 10.0 Å². The van der Waals surface area contributed by atoms with E-state index in [9.17, 15) is 21.6 Å². The molecule has 2 aromatic rings. The van der Waals surface area contributed by atoms with E-state index in [1.165, 1.54) is 4.31 Å². The summed E-state index contributed by atoms with van der Waals surface area (Å²) < 4.78 is 65.6. The largest absolute Gasteiger partial charge is 0.417 e. The molecule has 0 unspecified atom stereocenters. The molecular weight excluding hydrogens is 389 g/mol. The van der Waals surface area contributed by atoms with Gasteiger partial charge in [0.05, 0.1) is 15.5 Å². The summed E-state index contributed by atoms with van der Waals surface area (Å²) >= 11 is 5.57. The summed E-state index contributed by atoms with van der Waals surface area (Å²) in [6.45, 7) is 1.31. The topological polar surface area (TPSA) is 40.6 Å². The van der Waals surface area contributed by atoms with Gasteiger partial charge < -0.3 is 4.90 Å². The summed E-state index contributed by atoms with van der Waals surface area (Å²) in [5.41, 5.74) is -0.168. The molecule has 1 aliphatic rings. The fourth-order valence-corrected chi connectivity index (χ4v) is 4.53. The minimum absolute atomic E-state index is 0.196. The Morgan fingerprint density at radius 2 is 1.54 bits per heavy atom. The van der Waals surface area contributed by atoms with Crippen molar-refractivity contribution in [3.63, 3.8) is 0 Å². The Hall–Kier alpha value is -1.77. The first-order valence-corrected chi connectivity index (χ1v) is 9.68. The van der Waals surface area contributed by atoms with Crippen LogP contribution in [0.5, 0.6) is 0 Å². The number of halogens is 4. The molecule has 3 rings (SSSR count). The third-order valence-electron chi connectivity index (χ3n) is 4.24. The SMILES string of the molecule is O=S(=O)(c1ccc(Cl)c(C(F)(F)F)c1)N1CCN(c2ccccc2)CC1. The third-order valence-corrected chi connectivity index (χ3v) is 6.47. The van der Waals surface area contributed by atoms with Gasteiger partial charge in [-0.1, -0.05) is 29.8 Å². The molecule has 1 fully saturated rings. The van der Waals surface area contributed by atoms with E-state index in [4.69, 9.17) is 11.6 Å². The number of sulfonamides is 1. The van der Waals surface area contributed by atoms with Crippen LogP contribution >= 0.6 is 11.6 Å². The Morgan fingerprint density at radius 1 is 0.923 bits per heavy atom. The zero-order valence-electron chi connectivity index (χ0n) is 13.6. The van der Waals surface area contributed by atoms with Gasteiger partial charge in [-0.3, -0.25) is 0 Å². The highest BCUT2D eigenvalue weighted by atomic mass is 35.5. The summed E-state index contributed by atoms with van der Waals surface area (Å²) in [5, 5.41) is -0.523. The number of hydrogen-bond donors (Lipinski definition) is 0. The van der Waals surface area contributed by atoms with E-state index >= 15 is 0 Å². The van der Waals surface area contributed by atoms with Gasteiger partial charge in [-0.05, 0) is 30.3 Å². The van der Waals surface area contributed by atoms with E-state index in [0.717, 1.165) is 17.8 Å². The summed E-state index contributed by atoms with van der Waals surface area (Å²) in [4.78, 5) is 1.64. The van der Waals surface area contributed by atoms with Crippen LogP contribution in [0.1, 0.15) is 5.56 Å². The Labute approximate surface area is 154 Å². The first-order chi connectivity index (χ1) is 12.2. The number of anilines is 1. The van der Waals surface area contributed by atoms with Gasteiger partial charge in [0.1, 0.15) is 0 Å². The number of hydrogen-bond acceptors (Lipinski definition) is 3. The van der Waals surface area contributed by atoms with Crippen molar-refractivity contribution >= 4 is 27.3 Å². The van der Waals surface area contributed by atoms with Crippen molar-refractivity contribution in [2.24, 2.45) is 0 Å². The third kappa shape index (κ3) is 3.82. The van der Waals surface area contributed by atoms with Gasteiger partial charge in [-0.25, -0.2) is 8.42 Å². The lowest BCUT2D eigenvalue weighted by Gasteiger charge is -2.35. The first-order valence-electron chi connectivity index (χ1n) is 7.86. The fraction of sp³-hybridized carbons (Fsp3) is 0.294. The lowest BCUT2D eigenvalue weighted by molar-refractivity contribution is -0.137. The lowest BCUT2D eigenvalue weighted by atomic mass is 10.2. The second-order valence-corrected chi connectivity index (χ2v) is 8.21. The molecule has 2 aromatic carbocycles. The summed E-state index contributed by atoms with van der Waals surface area (Å²) in [6.07, 6.45) is -4.71. The number of para-hydroxylation sites is 1. The molecule has 1 heterocycles. The average molecular weight is 405 g/mol. The standard InChI is InChI=1S/C17H16ClF3N2O2S/c18-16-7-6-14(12-15(16)17(19,20)21)26(24,25)23-10-8-22(9-11-23)13-4-2-1-3-5-13/h1-7,12H,8-11H2. The smallest absolute Gasteiger partial charge is 0.369 e. The zero-order valence-corrected chi connectivity index (χ0v) is 15.2. The van der Waals surface area contributed by atoms with Crippen molar-refractivity contribution in [2.45, 2.75) is 11.1 Å². The quantitative estimate of drug-likeness (QED) is 0.779. The van der Waals surface area contributed by atoms with Crippen molar-refractivity contribution in [1.29, 1.82) is 0 Å². The Balaban J connectivity index is 1.80. The van der Waals surface area contributed by atoms with Gasteiger partial charge in [0.25, 0.3) is 0 Å². The first kappa shape index (κ1) is 19.0. The van der Waals surface area contributed by atoms with Gasteiger partial charge in [0, 0.05) is 31.9 Å². The average Bonchev–Trinajstić information content (AvgIpc) is 2.62. The van der Waals surface area contributed by atoms with Crippen molar-refractivity contribution in [3.05, 3.63) is 59.1 Å². The molecule has 26 heavy (non-hydrogen) atoms. The predicted molar refractivity (Wildman–Crippen MR) is 93.9 cm³/mol. The molecule has 0 spiro atoms. The maximum absolute atomic E-state index is 13.0. The normalized spacial score (nSPS) is 16.7. The monoisotopic (exact) mass is 404 g/mol. The Kier molecular flexibility index (Phi) is 5.18. The molecule has 0 aliphatic carbocycles. The number of benzene rings is 2. The minimum atomic E-state index is -4.71. The number of rotatable bonds is 3. The molecule has 0 saturated carbocycles. The van der Waals surface area contributed by atoms with Crippen LogP contribution in [0.25, 0.3) is 0 Å². The van der Waals surface area contributed by atoms with Crippen molar-refractivity contribution < 1.29 is 21.6 Å². The second kappa shape index (κ2) is 7.09. The molecule has 1 aliphatic heterocycles. The molecule has 1 saturated heterocycles. The summed E-state index contributed by atoms with van der Waals surface area (Å²) in [7, 11) is -4.02. The Bertz CT molecular complexity index is 881. The van der Waals surface area contributed by atoms with Crippen LogP contribution in [-0.2, 0) is 16.2 Å².